The minimum Gasteiger partial charge on any atom is -0.351 e. The molecule has 0 radical (unpaired) electrons. The third-order valence-corrected chi connectivity index (χ3v) is 4.73. The Hall–Kier alpha value is -2.96. The number of hydrogen-bond acceptors (Lipinski definition) is 4. The Bertz CT molecular complexity index is 851. The van der Waals surface area contributed by atoms with Gasteiger partial charge in [-0.2, -0.15) is 0 Å². The summed E-state index contributed by atoms with van der Waals surface area (Å²) in [5.74, 6) is 0.779. The zero-order chi connectivity index (χ0) is 17.4. The predicted octanol–water partition coefficient (Wildman–Crippen LogP) is 2.10. The number of carbonyl (C=O) groups is 2. The van der Waals surface area contributed by atoms with Gasteiger partial charge in [-0.3, -0.25) is 14.7 Å². The van der Waals surface area contributed by atoms with Gasteiger partial charge >= 0.3 is 6.03 Å². The number of anilines is 2. The molecule has 3 amide bonds. The molecule has 2 aromatic heterocycles. The van der Waals surface area contributed by atoms with Gasteiger partial charge in [-0.25, -0.2) is 9.78 Å². The van der Waals surface area contributed by atoms with Crippen molar-refractivity contribution >= 4 is 23.4 Å². The van der Waals surface area contributed by atoms with Gasteiger partial charge in [0.1, 0.15) is 5.82 Å². The zero-order valence-electron chi connectivity index (χ0n) is 13.8. The first-order valence-corrected chi connectivity index (χ1v) is 8.45. The molecule has 0 saturated carbocycles. The summed E-state index contributed by atoms with van der Waals surface area (Å²) in [7, 11) is 0. The van der Waals surface area contributed by atoms with Crippen molar-refractivity contribution in [1.82, 2.24) is 9.97 Å². The lowest BCUT2D eigenvalue weighted by molar-refractivity contribution is -0.117. The van der Waals surface area contributed by atoms with Crippen molar-refractivity contribution in [3.8, 4) is 11.1 Å². The molecule has 0 bridgehead atoms. The van der Waals surface area contributed by atoms with Crippen LogP contribution in [0.5, 0.6) is 0 Å². The topological polar surface area (TPSA) is 92.4 Å². The number of amides is 3. The van der Waals surface area contributed by atoms with E-state index in [2.05, 4.69) is 9.97 Å². The highest BCUT2D eigenvalue weighted by atomic mass is 16.2. The van der Waals surface area contributed by atoms with E-state index in [-0.39, 0.29) is 5.91 Å². The van der Waals surface area contributed by atoms with Crippen molar-refractivity contribution in [3.63, 3.8) is 0 Å². The number of aromatic nitrogens is 2. The molecule has 4 heterocycles. The number of pyridine rings is 2. The highest BCUT2D eigenvalue weighted by Crippen LogP contribution is 2.31. The summed E-state index contributed by atoms with van der Waals surface area (Å²) in [5, 5.41) is 0. The minimum absolute atomic E-state index is 0.139. The normalized spacial score (nSPS) is 16.9. The van der Waals surface area contributed by atoms with Crippen molar-refractivity contribution in [2.75, 3.05) is 22.9 Å². The van der Waals surface area contributed by atoms with Gasteiger partial charge in [-0.05, 0) is 37.0 Å². The lowest BCUT2D eigenvalue weighted by Crippen LogP contribution is -2.40. The van der Waals surface area contributed by atoms with Crippen LogP contribution in [0, 0.1) is 0 Å². The van der Waals surface area contributed by atoms with Crippen LogP contribution in [0.4, 0.5) is 16.3 Å². The smallest absolute Gasteiger partial charge is 0.320 e. The molecular formula is C18H19N5O2. The molecule has 2 aliphatic heterocycles. The standard InChI is InChI=1S/C18H19N5O2/c19-18(25)23-6-1-3-12-7-13(10-21-17(12)23)14-8-15(11-20-9-14)22-5-2-4-16(22)24/h7-11H,1-6H2,(H2,19,25). The summed E-state index contributed by atoms with van der Waals surface area (Å²) in [6.45, 7) is 1.34. The summed E-state index contributed by atoms with van der Waals surface area (Å²) < 4.78 is 0. The second-order valence-electron chi connectivity index (χ2n) is 6.38. The molecule has 2 aliphatic rings. The molecule has 7 heteroatoms. The van der Waals surface area contributed by atoms with E-state index in [9.17, 15) is 9.59 Å². The number of urea groups is 1. The lowest BCUT2D eigenvalue weighted by Gasteiger charge is -2.27. The fourth-order valence-electron chi connectivity index (χ4n) is 3.49. The van der Waals surface area contributed by atoms with Crippen molar-refractivity contribution in [2.24, 2.45) is 5.73 Å². The van der Waals surface area contributed by atoms with Crippen molar-refractivity contribution in [1.29, 1.82) is 0 Å². The SMILES string of the molecule is NC(=O)N1CCCc2cc(-c3cncc(N4CCCC4=O)c3)cnc21. The van der Waals surface area contributed by atoms with Gasteiger partial charge in [0.25, 0.3) is 0 Å². The Kier molecular flexibility index (Phi) is 3.83. The minimum atomic E-state index is -0.475. The van der Waals surface area contributed by atoms with Crippen LogP contribution in [0.3, 0.4) is 0 Å². The van der Waals surface area contributed by atoms with Crippen LogP contribution in [0.15, 0.2) is 30.7 Å². The van der Waals surface area contributed by atoms with Gasteiger partial charge in [0, 0.05) is 43.0 Å². The van der Waals surface area contributed by atoms with E-state index in [1.807, 2.05) is 12.1 Å². The molecule has 1 fully saturated rings. The maximum absolute atomic E-state index is 12.0. The summed E-state index contributed by atoms with van der Waals surface area (Å²) in [6.07, 6.45) is 8.40. The maximum Gasteiger partial charge on any atom is 0.320 e. The first-order valence-electron chi connectivity index (χ1n) is 8.45. The number of fused-ring (bicyclic) bond motifs is 1. The largest absolute Gasteiger partial charge is 0.351 e. The van der Waals surface area contributed by atoms with Crippen LogP contribution in [0.1, 0.15) is 24.8 Å². The van der Waals surface area contributed by atoms with Crippen LogP contribution in [0.2, 0.25) is 0 Å². The third-order valence-electron chi connectivity index (χ3n) is 4.73. The number of nitrogens with zero attached hydrogens (tertiary/aromatic N) is 4. The van der Waals surface area contributed by atoms with E-state index >= 15 is 0 Å². The van der Waals surface area contributed by atoms with Crippen LogP contribution in [-0.2, 0) is 11.2 Å². The molecule has 2 N–H and O–H groups in total. The van der Waals surface area contributed by atoms with Crippen LogP contribution in [0.25, 0.3) is 11.1 Å². The third kappa shape index (κ3) is 2.82. The number of nitrogens with two attached hydrogens (primary N) is 1. The van der Waals surface area contributed by atoms with Gasteiger partial charge in [0.05, 0.1) is 11.9 Å². The Labute approximate surface area is 145 Å². The maximum atomic E-state index is 12.0. The van der Waals surface area contributed by atoms with Crippen LogP contribution >= 0.6 is 0 Å². The van der Waals surface area contributed by atoms with E-state index in [1.165, 1.54) is 4.90 Å². The Morgan fingerprint density at radius 3 is 2.60 bits per heavy atom. The number of hydrogen-bond donors (Lipinski definition) is 1. The van der Waals surface area contributed by atoms with Gasteiger partial charge < -0.3 is 10.6 Å². The number of aryl methyl sites for hydroxylation is 1. The van der Waals surface area contributed by atoms with Crippen molar-refractivity contribution < 1.29 is 9.59 Å². The highest BCUT2D eigenvalue weighted by Gasteiger charge is 2.24. The molecule has 0 aliphatic carbocycles. The number of carbonyl (C=O) groups excluding carboxylic acids is 2. The molecule has 0 unspecified atom stereocenters. The van der Waals surface area contributed by atoms with E-state index in [0.717, 1.165) is 48.2 Å². The highest BCUT2D eigenvalue weighted by molar-refractivity contribution is 5.95. The summed E-state index contributed by atoms with van der Waals surface area (Å²) >= 11 is 0. The Balaban J connectivity index is 1.69. The van der Waals surface area contributed by atoms with E-state index in [0.29, 0.717) is 18.8 Å². The average molecular weight is 337 g/mol. The van der Waals surface area contributed by atoms with Gasteiger partial charge in [-0.1, -0.05) is 0 Å². The van der Waals surface area contributed by atoms with Gasteiger partial charge in [-0.15, -0.1) is 0 Å². The fraction of sp³-hybridized carbons (Fsp3) is 0.333. The Morgan fingerprint density at radius 2 is 1.84 bits per heavy atom. The molecule has 4 rings (SSSR count). The summed E-state index contributed by atoms with van der Waals surface area (Å²) in [5.41, 5.74) is 9.08. The average Bonchev–Trinajstić information content (AvgIpc) is 3.06. The van der Waals surface area contributed by atoms with Crippen LogP contribution in [-0.4, -0.2) is 35.0 Å². The molecular weight excluding hydrogens is 318 g/mol. The van der Waals surface area contributed by atoms with Crippen LogP contribution < -0.4 is 15.5 Å². The second-order valence-corrected chi connectivity index (χ2v) is 6.38. The van der Waals surface area contributed by atoms with E-state index in [1.54, 1.807) is 23.5 Å². The van der Waals surface area contributed by atoms with Crippen molar-refractivity contribution in [3.05, 3.63) is 36.3 Å². The first kappa shape index (κ1) is 15.6. The monoisotopic (exact) mass is 337 g/mol. The molecule has 1 saturated heterocycles. The van der Waals surface area contributed by atoms with E-state index in [4.69, 9.17) is 5.73 Å². The molecule has 7 nitrogen and oxygen atoms in total. The van der Waals surface area contributed by atoms with Crippen molar-refractivity contribution in [2.45, 2.75) is 25.7 Å². The molecule has 0 spiro atoms. The second kappa shape index (κ2) is 6.16. The molecule has 128 valence electrons. The van der Waals surface area contributed by atoms with Gasteiger partial charge in [0.15, 0.2) is 0 Å². The number of rotatable bonds is 2. The van der Waals surface area contributed by atoms with Gasteiger partial charge in [0.2, 0.25) is 5.91 Å². The summed E-state index contributed by atoms with van der Waals surface area (Å²) in [6, 6.07) is 3.52. The predicted molar refractivity (Wildman–Crippen MR) is 94.3 cm³/mol. The Morgan fingerprint density at radius 1 is 1.04 bits per heavy atom. The molecule has 0 aromatic carbocycles. The summed E-state index contributed by atoms with van der Waals surface area (Å²) in [4.78, 5) is 35.5. The fourth-order valence-corrected chi connectivity index (χ4v) is 3.49. The molecule has 25 heavy (non-hydrogen) atoms. The molecule has 2 aromatic rings. The molecule has 0 atom stereocenters. The quantitative estimate of drug-likeness (QED) is 0.908. The van der Waals surface area contributed by atoms with E-state index < -0.39 is 6.03 Å². The zero-order valence-corrected chi connectivity index (χ0v) is 13.8. The first-order chi connectivity index (χ1) is 12.1. The number of primary amides is 1. The lowest BCUT2D eigenvalue weighted by atomic mass is 10.0.